The van der Waals surface area contributed by atoms with Gasteiger partial charge in [0.15, 0.2) is 0 Å². The Balaban J connectivity index is 2.19. The Morgan fingerprint density at radius 1 is 0.692 bits per heavy atom. The van der Waals surface area contributed by atoms with E-state index in [-0.39, 0.29) is 32.7 Å². The molecule has 2 aromatic heterocycles. The Morgan fingerprint density at radius 3 is 1.58 bits per heavy atom. The number of rotatable bonds is 1. The lowest BCUT2D eigenvalue weighted by molar-refractivity contribution is -0.137. The molecule has 0 aliphatic heterocycles. The summed E-state index contributed by atoms with van der Waals surface area (Å²) < 4.78 is 47.2. The van der Waals surface area contributed by atoms with Crippen LogP contribution in [-0.4, -0.2) is 0 Å². The molecule has 0 radical (unpaired) electrons. The monoisotopic (exact) mass is 362 g/mol. The van der Waals surface area contributed by atoms with Crippen LogP contribution in [0.5, 0.6) is 0 Å². The molecule has 0 saturated carbocycles. The van der Waals surface area contributed by atoms with Crippen LogP contribution in [0.1, 0.15) is 5.56 Å². The van der Waals surface area contributed by atoms with Crippen molar-refractivity contribution in [2.24, 2.45) is 0 Å². The first-order valence-corrected chi connectivity index (χ1v) is 7.10. The predicted octanol–water partition coefficient (Wildman–Crippen LogP) is 2.18. The van der Waals surface area contributed by atoms with E-state index in [9.17, 15) is 32.3 Å². The summed E-state index contributed by atoms with van der Waals surface area (Å²) in [5.74, 6) is 0. The predicted molar refractivity (Wildman–Crippen MR) is 83.9 cm³/mol. The number of hydrogen-bond donors (Lipinski definition) is 0. The van der Waals surface area contributed by atoms with Gasteiger partial charge >= 0.3 is 28.7 Å². The smallest absolute Gasteiger partial charge is 0.386 e. The summed E-state index contributed by atoms with van der Waals surface area (Å²) in [5.41, 5.74) is -5.24. The Kier molecular flexibility index (Phi) is 3.08. The molecule has 0 spiro atoms. The maximum absolute atomic E-state index is 12.8. The molecule has 0 atom stereocenters. The number of hydrogen-bond acceptors (Lipinski definition) is 6. The lowest BCUT2D eigenvalue weighted by Crippen LogP contribution is -2.04. The molecular formula is C17H5F3O6. The van der Waals surface area contributed by atoms with E-state index in [4.69, 9.17) is 0 Å². The van der Waals surface area contributed by atoms with Gasteiger partial charge in [0.1, 0.15) is 0 Å². The summed E-state index contributed by atoms with van der Waals surface area (Å²) in [4.78, 5) is 47.7. The number of furan rings is 2. The molecule has 26 heavy (non-hydrogen) atoms. The minimum absolute atomic E-state index is 0.0319. The third kappa shape index (κ3) is 2.13. The van der Waals surface area contributed by atoms with E-state index >= 15 is 0 Å². The van der Waals surface area contributed by atoms with Gasteiger partial charge in [-0.05, 0) is 23.8 Å². The van der Waals surface area contributed by atoms with Crippen LogP contribution >= 0.6 is 0 Å². The molecule has 130 valence electrons. The highest BCUT2D eigenvalue weighted by Crippen LogP contribution is 2.34. The standard InChI is InChI=1S/C17H5F3O6/c18-17(19,20)7-3-1-6(2-4-7)10-11-8(13(21)25-15(11)23)5-9-12(10)16(24)26-14(9)22/h1-5H. The van der Waals surface area contributed by atoms with Gasteiger partial charge in [-0.3, -0.25) is 0 Å². The van der Waals surface area contributed by atoms with Gasteiger partial charge < -0.3 is 8.83 Å². The van der Waals surface area contributed by atoms with Crippen molar-refractivity contribution in [2.75, 3.05) is 0 Å². The fourth-order valence-corrected chi connectivity index (χ4v) is 2.92. The third-order valence-corrected chi connectivity index (χ3v) is 4.05. The molecule has 4 rings (SSSR count). The van der Waals surface area contributed by atoms with Crippen molar-refractivity contribution in [3.8, 4) is 11.1 Å². The molecule has 6 nitrogen and oxygen atoms in total. The van der Waals surface area contributed by atoms with Crippen LogP contribution in [0.15, 0.2) is 58.3 Å². The van der Waals surface area contributed by atoms with Gasteiger partial charge in [0.05, 0.1) is 27.1 Å². The Labute approximate surface area is 139 Å². The first kappa shape index (κ1) is 16.0. The van der Waals surface area contributed by atoms with Crippen molar-refractivity contribution in [3.63, 3.8) is 0 Å². The number of alkyl halides is 3. The zero-order valence-electron chi connectivity index (χ0n) is 12.5. The van der Waals surface area contributed by atoms with Gasteiger partial charge in [0.25, 0.3) is 0 Å². The number of halogens is 3. The minimum atomic E-state index is -4.58. The van der Waals surface area contributed by atoms with Crippen LogP contribution in [0.4, 0.5) is 13.2 Å². The van der Waals surface area contributed by atoms with E-state index in [2.05, 4.69) is 8.83 Å². The van der Waals surface area contributed by atoms with Crippen molar-refractivity contribution in [1.82, 2.24) is 0 Å². The summed E-state index contributed by atoms with van der Waals surface area (Å²) in [6.07, 6.45) is -4.58. The largest absolute Gasteiger partial charge is 0.416 e. The molecule has 2 aromatic carbocycles. The summed E-state index contributed by atoms with van der Waals surface area (Å²) in [6, 6.07) is 4.59. The molecule has 0 fully saturated rings. The second-order valence-electron chi connectivity index (χ2n) is 5.53. The topological polar surface area (TPSA) is 94.6 Å². The molecule has 4 aromatic rings. The summed E-state index contributed by atoms with van der Waals surface area (Å²) >= 11 is 0. The Morgan fingerprint density at radius 2 is 1.15 bits per heavy atom. The van der Waals surface area contributed by atoms with Crippen LogP contribution in [0.25, 0.3) is 32.7 Å². The average Bonchev–Trinajstić information content (AvgIpc) is 3.02. The summed E-state index contributed by atoms with van der Waals surface area (Å²) in [7, 11) is 0. The van der Waals surface area contributed by atoms with E-state index in [0.29, 0.717) is 0 Å². The van der Waals surface area contributed by atoms with Crippen molar-refractivity contribution >= 4 is 21.5 Å². The molecule has 0 aliphatic rings. The highest BCUT2D eigenvalue weighted by Gasteiger charge is 2.30. The minimum Gasteiger partial charge on any atom is -0.386 e. The molecule has 0 aliphatic carbocycles. The van der Waals surface area contributed by atoms with Gasteiger partial charge in [-0.2, -0.15) is 13.2 Å². The highest BCUT2D eigenvalue weighted by molar-refractivity contribution is 6.11. The molecule has 2 heterocycles. The SMILES string of the molecule is O=c1oc(=O)c2c(-c3ccc(C(F)(F)F)cc3)c3c(=O)oc(=O)c3cc12. The third-order valence-electron chi connectivity index (χ3n) is 4.05. The zero-order valence-corrected chi connectivity index (χ0v) is 12.5. The fraction of sp³-hybridized carbons (Fsp3) is 0.0588. The van der Waals surface area contributed by atoms with Crippen LogP contribution in [0.3, 0.4) is 0 Å². The summed E-state index contributed by atoms with van der Waals surface area (Å²) in [5, 5.41) is -1.09. The molecule has 0 saturated heterocycles. The Hall–Kier alpha value is -3.49. The van der Waals surface area contributed by atoms with Gasteiger partial charge in [-0.15, -0.1) is 0 Å². The lowest BCUT2D eigenvalue weighted by Gasteiger charge is -2.08. The van der Waals surface area contributed by atoms with Crippen molar-refractivity contribution < 1.29 is 22.0 Å². The van der Waals surface area contributed by atoms with Gasteiger partial charge in [-0.25, -0.2) is 19.2 Å². The Bertz CT molecular complexity index is 1300. The first-order chi connectivity index (χ1) is 12.2. The molecule has 0 amide bonds. The van der Waals surface area contributed by atoms with Gasteiger partial charge in [0, 0.05) is 5.56 Å². The molecule has 0 bridgehead atoms. The van der Waals surface area contributed by atoms with Crippen LogP contribution in [0, 0.1) is 0 Å². The average molecular weight is 362 g/mol. The summed E-state index contributed by atoms with van der Waals surface area (Å²) in [6.45, 7) is 0. The first-order valence-electron chi connectivity index (χ1n) is 7.10. The van der Waals surface area contributed by atoms with E-state index in [1.807, 2.05) is 0 Å². The highest BCUT2D eigenvalue weighted by atomic mass is 19.4. The normalized spacial score (nSPS) is 12.3. The number of fused-ring (bicyclic) bond motifs is 2. The zero-order chi connectivity index (χ0) is 18.8. The lowest BCUT2D eigenvalue weighted by atomic mass is 9.95. The van der Waals surface area contributed by atoms with Crippen molar-refractivity contribution in [3.05, 3.63) is 77.6 Å². The van der Waals surface area contributed by atoms with Crippen molar-refractivity contribution in [1.29, 1.82) is 0 Å². The second-order valence-corrected chi connectivity index (χ2v) is 5.53. The number of benzene rings is 2. The van der Waals surface area contributed by atoms with Crippen LogP contribution < -0.4 is 22.5 Å². The molecule has 0 N–H and O–H groups in total. The van der Waals surface area contributed by atoms with Gasteiger partial charge in [0.2, 0.25) is 0 Å². The van der Waals surface area contributed by atoms with E-state index in [1.54, 1.807) is 0 Å². The molecule has 9 heteroatoms. The molecular weight excluding hydrogens is 357 g/mol. The van der Waals surface area contributed by atoms with Crippen LogP contribution in [0.2, 0.25) is 0 Å². The fourth-order valence-electron chi connectivity index (χ4n) is 2.92. The van der Waals surface area contributed by atoms with Crippen molar-refractivity contribution in [2.45, 2.75) is 6.18 Å². The second kappa shape index (κ2) is 5.01. The quantitative estimate of drug-likeness (QED) is 0.515. The maximum atomic E-state index is 12.8. The van der Waals surface area contributed by atoms with E-state index in [1.165, 1.54) is 0 Å². The van der Waals surface area contributed by atoms with Crippen LogP contribution in [-0.2, 0) is 6.18 Å². The maximum Gasteiger partial charge on any atom is 0.416 e. The van der Waals surface area contributed by atoms with E-state index in [0.717, 1.165) is 30.3 Å². The van der Waals surface area contributed by atoms with Gasteiger partial charge in [-0.1, -0.05) is 12.1 Å². The molecule has 0 unspecified atom stereocenters. The van der Waals surface area contributed by atoms with E-state index < -0.39 is 34.2 Å².